The Morgan fingerprint density at radius 3 is 1.40 bits per heavy atom. The van der Waals surface area contributed by atoms with Gasteiger partial charge in [-0.25, -0.2) is 0 Å². The van der Waals surface area contributed by atoms with Gasteiger partial charge in [-0.1, -0.05) is 13.8 Å². The van der Waals surface area contributed by atoms with Gasteiger partial charge in [0.25, 0.3) is 0 Å². The lowest BCUT2D eigenvalue weighted by atomic mass is 10.0. The third-order valence-electron chi connectivity index (χ3n) is 2.32. The standard InChI is InChI=1S/C9H20Cl2N2.2ClH/c1-3-9(4-2,12-7-5-10)13-8-6-11;;/h12-13H,3-8H2,1-2H3;2*1H. The van der Waals surface area contributed by atoms with E-state index in [0.29, 0.717) is 11.8 Å². The summed E-state index contributed by atoms with van der Waals surface area (Å²) in [5, 5.41) is 6.83. The molecule has 0 aromatic heterocycles. The van der Waals surface area contributed by atoms with Crippen LogP contribution >= 0.6 is 48.0 Å². The second kappa shape index (κ2) is 13.1. The first-order valence-corrected chi connectivity index (χ1v) is 5.93. The molecular formula is C9H22Cl4N2. The van der Waals surface area contributed by atoms with E-state index in [9.17, 15) is 0 Å². The summed E-state index contributed by atoms with van der Waals surface area (Å²) in [6, 6.07) is 0. The highest BCUT2D eigenvalue weighted by molar-refractivity contribution is 6.18. The number of rotatable bonds is 8. The minimum absolute atomic E-state index is 0. The Balaban J connectivity index is -0.000000720. The molecule has 0 fully saturated rings. The Morgan fingerprint density at radius 1 is 0.867 bits per heavy atom. The molecule has 0 saturated carbocycles. The van der Waals surface area contributed by atoms with E-state index in [4.69, 9.17) is 23.2 Å². The lowest BCUT2D eigenvalue weighted by Crippen LogP contribution is -2.57. The fourth-order valence-electron chi connectivity index (χ4n) is 1.39. The average molecular weight is 300 g/mol. The van der Waals surface area contributed by atoms with Gasteiger partial charge in [-0.15, -0.1) is 48.0 Å². The van der Waals surface area contributed by atoms with Crippen LogP contribution in [-0.4, -0.2) is 30.5 Å². The molecule has 2 N–H and O–H groups in total. The number of halogens is 4. The van der Waals surface area contributed by atoms with Gasteiger partial charge in [-0.2, -0.15) is 0 Å². The monoisotopic (exact) mass is 298 g/mol. The first-order valence-electron chi connectivity index (χ1n) is 4.86. The van der Waals surface area contributed by atoms with Gasteiger partial charge in [0, 0.05) is 24.8 Å². The Hall–Kier alpha value is 1.08. The topological polar surface area (TPSA) is 24.1 Å². The van der Waals surface area contributed by atoms with Crippen LogP contribution in [-0.2, 0) is 0 Å². The number of nitrogens with one attached hydrogen (secondary N) is 2. The Kier molecular flexibility index (Phi) is 18.7. The summed E-state index contributed by atoms with van der Waals surface area (Å²) in [5.74, 6) is 1.29. The second-order valence-electron chi connectivity index (χ2n) is 3.02. The third kappa shape index (κ3) is 8.84. The van der Waals surface area contributed by atoms with Crippen LogP contribution in [0, 0.1) is 0 Å². The highest BCUT2D eigenvalue weighted by atomic mass is 35.5. The first kappa shape index (κ1) is 21.4. The van der Waals surface area contributed by atoms with Crippen molar-refractivity contribution < 1.29 is 0 Å². The van der Waals surface area contributed by atoms with Crippen LogP contribution in [0.4, 0.5) is 0 Å². The second-order valence-corrected chi connectivity index (χ2v) is 3.78. The van der Waals surface area contributed by atoms with Gasteiger partial charge in [-0.3, -0.25) is 10.6 Å². The maximum absolute atomic E-state index is 5.64. The van der Waals surface area contributed by atoms with Crippen molar-refractivity contribution in [3.63, 3.8) is 0 Å². The Morgan fingerprint density at radius 2 is 1.20 bits per heavy atom. The van der Waals surface area contributed by atoms with Gasteiger partial charge in [-0.05, 0) is 12.8 Å². The van der Waals surface area contributed by atoms with Gasteiger partial charge in [0.2, 0.25) is 0 Å². The van der Waals surface area contributed by atoms with Crippen molar-refractivity contribution in [3.8, 4) is 0 Å². The van der Waals surface area contributed by atoms with Crippen molar-refractivity contribution in [3.05, 3.63) is 0 Å². The van der Waals surface area contributed by atoms with Crippen LogP contribution in [0.1, 0.15) is 26.7 Å². The van der Waals surface area contributed by atoms with E-state index < -0.39 is 0 Å². The van der Waals surface area contributed by atoms with E-state index in [-0.39, 0.29) is 30.5 Å². The summed E-state index contributed by atoms with van der Waals surface area (Å²) in [6.07, 6.45) is 2.08. The molecule has 0 amide bonds. The third-order valence-corrected chi connectivity index (χ3v) is 2.70. The summed E-state index contributed by atoms with van der Waals surface area (Å²) >= 11 is 11.3. The number of hydrogen-bond donors (Lipinski definition) is 2. The van der Waals surface area contributed by atoms with Gasteiger partial charge in [0.15, 0.2) is 0 Å². The van der Waals surface area contributed by atoms with Crippen molar-refractivity contribution in [2.75, 3.05) is 24.8 Å². The van der Waals surface area contributed by atoms with Gasteiger partial charge in [0.1, 0.15) is 0 Å². The fourth-order valence-corrected chi connectivity index (χ4v) is 1.57. The van der Waals surface area contributed by atoms with Crippen LogP contribution in [0.3, 0.4) is 0 Å². The molecule has 6 heteroatoms. The molecule has 0 atom stereocenters. The largest absolute Gasteiger partial charge is 0.298 e. The molecule has 0 radical (unpaired) electrons. The first-order chi connectivity index (χ1) is 6.24. The van der Waals surface area contributed by atoms with Gasteiger partial charge < -0.3 is 0 Å². The van der Waals surface area contributed by atoms with Crippen molar-refractivity contribution >= 4 is 48.0 Å². The maximum Gasteiger partial charge on any atom is 0.0682 e. The van der Waals surface area contributed by atoms with Crippen molar-refractivity contribution in [1.29, 1.82) is 0 Å². The summed E-state index contributed by atoms with van der Waals surface area (Å²) < 4.78 is 0. The molecule has 0 rings (SSSR count). The zero-order valence-electron chi connectivity index (χ0n) is 9.32. The lowest BCUT2D eigenvalue weighted by molar-refractivity contribution is 0.247. The van der Waals surface area contributed by atoms with E-state index in [2.05, 4.69) is 24.5 Å². The summed E-state index contributed by atoms with van der Waals surface area (Å²) in [7, 11) is 0. The zero-order valence-corrected chi connectivity index (χ0v) is 12.5. The predicted octanol–water partition coefficient (Wildman–Crippen LogP) is 3.00. The molecule has 0 aliphatic heterocycles. The van der Waals surface area contributed by atoms with Crippen LogP contribution < -0.4 is 10.6 Å². The zero-order chi connectivity index (χ0) is 10.2. The molecule has 15 heavy (non-hydrogen) atoms. The number of hydrogen-bond acceptors (Lipinski definition) is 2. The molecule has 2 nitrogen and oxygen atoms in total. The quantitative estimate of drug-likeness (QED) is 0.532. The van der Waals surface area contributed by atoms with E-state index in [1.807, 2.05) is 0 Å². The molecule has 0 heterocycles. The normalized spacial score (nSPS) is 10.4. The van der Waals surface area contributed by atoms with E-state index in [1.54, 1.807) is 0 Å². The molecule has 0 bridgehead atoms. The predicted molar refractivity (Wildman–Crippen MR) is 75.3 cm³/mol. The summed E-state index contributed by atoms with van der Waals surface area (Å²) in [4.78, 5) is 0. The minimum Gasteiger partial charge on any atom is -0.298 e. The van der Waals surface area contributed by atoms with Crippen molar-refractivity contribution in [2.45, 2.75) is 32.4 Å². The molecule has 0 saturated heterocycles. The molecule has 0 spiro atoms. The SMILES string of the molecule is CCC(CC)(NCCCl)NCCCl.Cl.Cl. The average Bonchev–Trinajstić information content (AvgIpc) is 2.20. The molecule has 0 aliphatic rings. The van der Waals surface area contributed by atoms with Crippen LogP contribution in [0.2, 0.25) is 0 Å². The van der Waals surface area contributed by atoms with Crippen molar-refractivity contribution in [2.24, 2.45) is 0 Å². The van der Waals surface area contributed by atoms with E-state index >= 15 is 0 Å². The summed E-state index contributed by atoms with van der Waals surface area (Å²) in [6.45, 7) is 5.98. The Labute approximate surface area is 116 Å². The lowest BCUT2D eigenvalue weighted by Gasteiger charge is -2.34. The van der Waals surface area contributed by atoms with Crippen LogP contribution in [0.5, 0.6) is 0 Å². The van der Waals surface area contributed by atoms with Gasteiger partial charge in [0.05, 0.1) is 5.66 Å². The molecule has 0 aromatic carbocycles. The highest BCUT2D eigenvalue weighted by Gasteiger charge is 2.23. The number of alkyl halides is 2. The molecule has 0 aromatic rings. The summed E-state index contributed by atoms with van der Waals surface area (Å²) in [5.41, 5.74) is 0.0176. The fraction of sp³-hybridized carbons (Fsp3) is 1.00. The highest BCUT2D eigenvalue weighted by Crippen LogP contribution is 2.10. The van der Waals surface area contributed by atoms with Crippen LogP contribution in [0.15, 0.2) is 0 Å². The van der Waals surface area contributed by atoms with E-state index in [0.717, 1.165) is 25.9 Å². The molecule has 0 unspecified atom stereocenters. The molecule has 0 aliphatic carbocycles. The smallest absolute Gasteiger partial charge is 0.0682 e. The maximum atomic E-state index is 5.64. The van der Waals surface area contributed by atoms with Crippen LogP contribution in [0.25, 0.3) is 0 Å². The Bertz CT molecular complexity index is 111. The van der Waals surface area contributed by atoms with Gasteiger partial charge >= 0.3 is 0 Å². The minimum atomic E-state index is 0. The van der Waals surface area contributed by atoms with Crippen molar-refractivity contribution in [1.82, 2.24) is 10.6 Å². The van der Waals surface area contributed by atoms with E-state index in [1.165, 1.54) is 0 Å². The molecule has 96 valence electrons. The molecular weight excluding hydrogens is 278 g/mol.